The lowest BCUT2D eigenvalue weighted by molar-refractivity contribution is -0.144. The number of β-amino-alcohol motifs (C(OH)–C–C–N with tert-alkyl or cyclic N) is 1. The van der Waals surface area contributed by atoms with E-state index in [-0.39, 0.29) is 25.3 Å². The lowest BCUT2D eigenvalue weighted by Crippen LogP contribution is -2.49. The number of piperazine rings is 1. The molecule has 3 N–H and O–H groups in total. The maximum absolute atomic E-state index is 12.7. The van der Waals surface area contributed by atoms with Crippen molar-refractivity contribution in [2.24, 2.45) is 5.92 Å². The fourth-order valence-corrected chi connectivity index (χ4v) is 3.09. The van der Waals surface area contributed by atoms with Gasteiger partial charge in [-0.2, -0.15) is 13.2 Å². The van der Waals surface area contributed by atoms with Crippen molar-refractivity contribution in [3.63, 3.8) is 0 Å². The number of amides is 1. The van der Waals surface area contributed by atoms with Crippen LogP contribution in [0.3, 0.4) is 0 Å². The Bertz CT molecular complexity index is 676. The van der Waals surface area contributed by atoms with E-state index in [0.717, 1.165) is 12.1 Å². The molecule has 10 heteroatoms. The maximum atomic E-state index is 12.7. The second-order valence-corrected chi connectivity index (χ2v) is 6.73. The van der Waals surface area contributed by atoms with Crippen molar-refractivity contribution in [1.82, 2.24) is 9.80 Å². The van der Waals surface area contributed by atoms with Crippen LogP contribution in [0.2, 0.25) is 0 Å². The monoisotopic (exact) mass is 403 g/mol. The first-order chi connectivity index (χ1) is 13.2. The number of aliphatic hydroxyl groups is 1. The molecule has 0 saturated carbocycles. The molecule has 2 rings (SSSR count). The van der Waals surface area contributed by atoms with E-state index in [1.165, 1.54) is 12.1 Å². The van der Waals surface area contributed by atoms with Gasteiger partial charge in [0.15, 0.2) is 0 Å². The minimum atomic E-state index is -4.53. The molecule has 0 bridgehead atoms. The van der Waals surface area contributed by atoms with Gasteiger partial charge in [-0.3, -0.25) is 19.4 Å². The van der Waals surface area contributed by atoms with E-state index in [4.69, 9.17) is 5.11 Å². The number of halogens is 3. The molecule has 28 heavy (non-hydrogen) atoms. The van der Waals surface area contributed by atoms with E-state index >= 15 is 0 Å². The van der Waals surface area contributed by atoms with E-state index in [1.54, 1.807) is 0 Å². The Morgan fingerprint density at radius 2 is 1.79 bits per heavy atom. The standard InChI is InChI=1S/C18H24F3N3O4/c19-18(20,21)14-2-1-3-15(11-14)22-16(26)10-13(17(27)28)12-24-6-4-23(5-7-24)8-9-25/h1-3,11,13,25H,4-10,12H2,(H,22,26)(H,27,28)/t13-/m1/s1. The highest BCUT2D eigenvalue weighted by atomic mass is 19.4. The largest absolute Gasteiger partial charge is 0.481 e. The van der Waals surface area contributed by atoms with E-state index in [0.29, 0.717) is 32.7 Å². The predicted octanol–water partition coefficient (Wildman–Crippen LogP) is 1.34. The van der Waals surface area contributed by atoms with Crippen molar-refractivity contribution in [2.75, 3.05) is 51.2 Å². The van der Waals surface area contributed by atoms with Gasteiger partial charge in [0.05, 0.1) is 18.1 Å². The number of hydrogen-bond donors (Lipinski definition) is 3. The van der Waals surface area contributed by atoms with E-state index in [1.807, 2.05) is 4.90 Å². The number of hydrogen-bond acceptors (Lipinski definition) is 5. The summed E-state index contributed by atoms with van der Waals surface area (Å²) >= 11 is 0. The number of aliphatic carboxylic acids is 1. The lowest BCUT2D eigenvalue weighted by Gasteiger charge is -2.35. The normalized spacial score (nSPS) is 17.3. The molecule has 1 aromatic rings. The van der Waals surface area contributed by atoms with Crippen molar-refractivity contribution >= 4 is 17.6 Å². The van der Waals surface area contributed by atoms with Gasteiger partial charge in [-0.1, -0.05) is 6.07 Å². The van der Waals surface area contributed by atoms with Crippen LogP contribution in [-0.4, -0.2) is 77.8 Å². The number of carbonyl (C=O) groups excluding carboxylic acids is 1. The zero-order valence-electron chi connectivity index (χ0n) is 15.3. The maximum Gasteiger partial charge on any atom is 0.416 e. The van der Waals surface area contributed by atoms with E-state index in [9.17, 15) is 27.9 Å². The highest BCUT2D eigenvalue weighted by Crippen LogP contribution is 2.30. The average Bonchev–Trinajstić information content (AvgIpc) is 2.62. The molecule has 0 unspecified atom stereocenters. The third-order valence-corrected chi connectivity index (χ3v) is 4.61. The van der Waals surface area contributed by atoms with E-state index < -0.39 is 29.5 Å². The lowest BCUT2D eigenvalue weighted by atomic mass is 10.0. The summed E-state index contributed by atoms with van der Waals surface area (Å²) in [5.74, 6) is -2.74. The summed E-state index contributed by atoms with van der Waals surface area (Å²) in [7, 11) is 0. The topological polar surface area (TPSA) is 93.1 Å². The second-order valence-electron chi connectivity index (χ2n) is 6.73. The number of nitrogens with zero attached hydrogens (tertiary/aromatic N) is 2. The molecule has 1 aromatic carbocycles. The predicted molar refractivity (Wildman–Crippen MR) is 95.8 cm³/mol. The van der Waals surface area contributed by atoms with Crippen molar-refractivity contribution in [2.45, 2.75) is 12.6 Å². The summed E-state index contributed by atoms with van der Waals surface area (Å²) < 4.78 is 38.2. The number of aliphatic hydroxyl groups excluding tert-OH is 1. The van der Waals surface area contributed by atoms with Gasteiger partial charge >= 0.3 is 12.1 Å². The summed E-state index contributed by atoms with van der Waals surface area (Å²) in [6, 6.07) is 4.21. The number of nitrogens with one attached hydrogen (secondary N) is 1. The highest BCUT2D eigenvalue weighted by Gasteiger charge is 2.31. The number of alkyl halides is 3. The molecular formula is C18H24F3N3O4. The molecule has 1 fully saturated rings. The average molecular weight is 403 g/mol. The number of anilines is 1. The molecule has 1 aliphatic rings. The van der Waals surface area contributed by atoms with Crippen molar-refractivity contribution in [3.8, 4) is 0 Å². The van der Waals surface area contributed by atoms with Crippen LogP contribution < -0.4 is 5.32 Å². The molecule has 1 heterocycles. The minimum Gasteiger partial charge on any atom is -0.481 e. The molecular weight excluding hydrogens is 379 g/mol. The summed E-state index contributed by atoms with van der Waals surface area (Å²) in [6.07, 6.45) is -4.86. The van der Waals surface area contributed by atoms with Crippen LogP contribution >= 0.6 is 0 Å². The summed E-state index contributed by atoms with van der Waals surface area (Å²) in [5.41, 5.74) is -0.914. The number of carbonyl (C=O) groups is 2. The van der Waals surface area contributed by atoms with E-state index in [2.05, 4.69) is 10.2 Å². The van der Waals surface area contributed by atoms with Gasteiger partial charge < -0.3 is 15.5 Å². The second kappa shape index (κ2) is 9.85. The van der Waals surface area contributed by atoms with Crippen LogP contribution in [-0.2, 0) is 15.8 Å². The number of benzene rings is 1. The number of carboxylic acid groups (broad SMARTS) is 1. The van der Waals surface area contributed by atoms with Crippen LogP contribution in [0, 0.1) is 5.92 Å². The van der Waals surface area contributed by atoms with Crippen LogP contribution in [0.4, 0.5) is 18.9 Å². The van der Waals surface area contributed by atoms with Gasteiger partial charge in [-0.05, 0) is 18.2 Å². The highest BCUT2D eigenvalue weighted by molar-refractivity contribution is 5.93. The third-order valence-electron chi connectivity index (χ3n) is 4.61. The van der Waals surface area contributed by atoms with Gasteiger partial charge in [0, 0.05) is 51.4 Å². The Kier molecular flexibility index (Phi) is 7.78. The van der Waals surface area contributed by atoms with Gasteiger partial charge in [-0.25, -0.2) is 0 Å². The fraction of sp³-hybridized carbons (Fsp3) is 0.556. The Hall–Kier alpha value is -2.17. The molecule has 0 aliphatic carbocycles. The fourth-order valence-electron chi connectivity index (χ4n) is 3.09. The molecule has 0 spiro atoms. The zero-order valence-corrected chi connectivity index (χ0v) is 15.3. The smallest absolute Gasteiger partial charge is 0.416 e. The van der Waals surface area contributed by atoms with Crippen LogP contribution in [0.25, 0.3) is 0 Å². The number of rotatable bonds is 8. The Morgan fingerprint density at radius 3 is 2.36 bits per heavy atom. The van der Waals surface area contributed by atoms with Gasteiger partial charge in [-0.15, -0.1) is 0 Å². The summed E-state index contributed by atoms with van der Waals surface area (Å²) in [6.45, 7) is 3.45. The molecule has 1 saturated heterocycles. The quantitative estimate of drug-likeness (QED) is 0.607. The number of carboxylic acids is 1. The summed E-state index contributed by atoms with van der Waals surface area (Å²) in [4.78, 5) is 27.7. The van der Waals surface area contributed by atoms with Crippen LogP contribution in [0.5, 0.6) is 0 Å². The molecule has 156 valence electrons. The molecule has 0 radical (unpaired) electrons. The van der Waals surface area contributed by atoms with Gasteiger partial charge in [0.25, 0.3) is 0 Å². The van der Waals surface area contributed by atoms with Crippen molar-refractivity contribution in [1.29, 1.82) is 0 Å². The van der Waals surface area contributed by atoms with Crippen LogP contribution in [0.1, 0.15) is 12.0 Å². The van der Waals surface area contributed by atoms with Gasteiger partial charge in [0.2, 0.25) is 5.91 Å². The molecule has 7 nitrogen and oxygen atoms in total. The van der Waals surface area contributed by atoms with Gasteiger partial charge in [0.1, 0.15) is 0 Å². The molecule has 1 atom stereocenters. The first kappa shape index (κ1) is 22.1. The minimum absolute atomic E-state index is 0.0263. The first-order valence-corrected chi connectivity index (χ1v) is 8.94. The zero-order chi connectivity index (χ0) is 20.7. The molecule has 1 aliphatic heterocycles. The van der Waals surface area contributed by atoms with Crippen molar-refractivity contribution in [3.05, 3.63) is 29.8 Å². The Labute approximate surface area is 160 Å². The molecule has 1 amide bonds. The Balaban J connectivity index is 1.90. The SMILES string of the molecule is O=C(C[C@H](CN1CCN(CCO)CC1)C(=O)O)Nc1cccc(C(F)(F)F)c1. The first-order valence-electron chi connectivity index (χ1n) is 8.94. The Morgan fingerprint density at radius 1 is 1.14 bits per heavy atom. The summed E-state index contributed by atoms with van der Waals surface area (Å²) in [5, 5.41) is 20.7. The van der Waals surface area contributed by atoms with Crippen LogP contribution in [0.15, 0.2) is 24.3 Å². The third kappa shape index (κ3) is 6.77. The molecule has 0 aromatic heterocycles. The van der Waals surface area contributed by atoms with Crippen molar-refractivity contribution < 1.29 is 33.0 Å².